The summed E-state index contributed by atoms with van der Waals surface area (Å²) in [5.41, 5.74) is 0.572. The van der Waals surface area contributed by atoms with Gasteiger partial charge in [0.05, 0.1) is 7.11 Å². The first-order valence-electron chi connectivity index (χ1n) is 4.91. The number of hydrogen-bond acceptors (Lipinski definition) is 3. The molecule has 0 spiro atoms. The largest absolute Gasteiger partial charge is 0.481 e. The van der Waals surface area contributed by atoms with Crippen molar-refractivity contribution in [1.29, 1.82) is 0 Å². The Labute approximate surface area is 89.7 Å². The van der Waals surface area contributed by atoms with Crippen LogP contribution in [0.4, 0.5) is 0 Å². The van der Waals surface area contributed by atoms with E-state index >= 15 is 0 Å². The number of nitrogens with zero attached hydrogens (tertiary/aromatic N) is 1. The van der Waals surface area contributed by atoms with E-state index in [-0.39, 0.29) is 5.91 Å². The van der Waals surface area contributed by atoms with Crippen molar-refractivity contribution in [2.24, 2.45) is 5.92 Å². The minimum atomic E-state index is -0.0931. The van der Waals surface area contributed by atoms with Crippen molar-refractivity contribution in [3.05, 3.63) is 23.9 Å². The maximum absolute atomic E-state index is 11.6. The molecule has 0 atom stereocenters. The molecule has 0 saturated heterocycles. The van der Waals surface area contributed by atoms with Crippen LogP contribution in [0.15, 0.2) is 18.3 Å². The molecule has 4 heteroatoms. The Bertz CT molecular complexity index is 337. The van der Waals surface area contributed by atoms with E-state index in [1.54, 1.807) is 18.3 Å². The van der Waals surface area contributed by atoms with E-state index in [0.717, 1.165) is 0 Å². The van der Waals surface area contributed by atoms with Crippen molar-refractivity contribution in [2.45, 2.75) is 13.8 Å². The maximum atomic E-state index is 11.6. The highest BCUT2D eigenvalue weighted by Gasteiger charge is 2.06. The molecule has 1 N–H and O–H groups in total. The Morgan fingerprint density at radius 1 is 1.60 bits per heavy atom. The molecule has 82 valence electrons. The van der Waals surface area contributed by atoms with Crippen LogP contribution in [-0.4, -0.2) is 24.5 Å². The molecule has 0 aliphatic rings. The number of carbonyl (C=O) groups is 1. The molecule has 1 aromatic heterocycles. The second-order valence-corrected chi connectivity index (χ2v) is 3.69. The smallest absolute Gasteiger partial charge is 0.251 e. The van der Waals surface area contributed by atoms with E-state index < -0.39 is 0 Å². The third-order valence-corrected chi connectivity index (χ3v) is 1.88. The van der Waals surface area contributed by atoms with Crippen LogP contribution in [0, 0.1) is 5.92 Å². The van der Waals surface area contributed by atoms with Crippen molar-refractivity contribution in [3.63, 3.8) is 0 Å². The minimum Gasteiger partial charge on any atom is -0.481 e. The van der Waals surface area contributed by atoms with Gasteiger partial charge in [-0.2, -0.15) is 0 Å². The van der Waals surface area contributed by atoms with Crippen LogP contribution < -0.4 is 10.1 Å². The number of ether oxygens (including phenoxy) is 1. The zero-order valence-electron chi connectivity index (χ0n) is 9.28. The predicted octanol–water partition coefficient (Wildman–Crippen LogP) is 1.48. The van der Waals surface area contributed by atoms with Gasteiger partial charge < -0.3 is 10.1 Å². The van der Waals surface area contributed by atoms with Crippen LogP contribution in [0.5, 0.6) is 5.88 Å². The molecular weight excluding hydrogens is 192 g/mol. The molecule has 1 aromatic rings. The van der Waals surface area contributed by atoms with Gasteiger partial charge in [0.2, 0.25) is 5.88 Å². The minimum absolute atomic E-state index is 0.0931. The molecule has 1 amide bonds. The lowest BCUT2D eigenvalue weighted by Crippen LogP contribution is -2.27. The number of rotatable bonds is 4. The monoisotopic (exact) mass is 208 g/mol. The van der Waals surface area contributed by atoms with Gasteiger partial charge in [0.15, 0.2) is 0 Å². The number of methoxy groups -OCH3 is 1. The molecule has 0 fully saturated rings. The molecule has 1 heterocycles. The van der Waals surface area contributed by atoms with Crippen LogP contribution in [0.1, 0.15) is 24.2 Å². The zero-order chi connectivity index (χ0) is 11.3. The fourth-order valence-electron chi connectivity index (χ4n) is 1.06. The van der Waals surface area contributed by atoms with E-state index in [9.17, 15) is 4.79 Å². The van der Waals surface area contributed by atoms with Crippen LogP contribution in [0.2, 0.25) is 0 Å². The second-order valence-electron chi connectivity index (χ2n) is 3.69. The second kappa shape index (κ2) is 5.34. The first kappa shape index (κ1) is 11.5. The molecule has 15 heavy (non-hydrogen) atoms. The van der Waals surface area contributed by atoms with Crippen LogP contribution in [0.25, 0.3) is 0 Å². The SMILES string of the molecule is COc1cc(C(=O)NCC(C)C)ccn1. The average Bonchev–Trinajstić information content (AvgIpc) is 2.26. The molecule has 0 bridgehead atoms. The van der Waals surface area contributed by atoms with Crippen molar-refractivity contribution >= 4 is 5.91 Å². The number of pyridine rings is 1. The van der Waals surface area contributed by atoms with Crippen LogP contribution >= 0.6 is 0 Å². The molecule has 0 aliphatic heterocycles. The first-order valence-corrected chi connectivity index (χ1v) is 4.91. The summed E-state index contributed by atoms with van der Waals surface area (Å²) in [4.78, 5) is 15.6. The summed E-state index contributed by atoms with van der Waals surface area (Å²) < 4.78 is 4.94. The van der Waals surface area contributed by atoms with Gasteiger partial charge in [0, 0.05) is 24.4 Å². The van der Waals surface area contributed by atoms with Gasteiger partial charge in [-0.1, -0.05) is 13.8 Å². The lowest BCUT2D eigenvalue weighted by Gasteiger charge is -2.07. The molecular formula is C11H16N2O2. The summed E-state index contributed by atoms with van der Waals surface area (Å²) in [6.07, 6.45) is 1.56. The lowest BCUT2D eigenvalue weighted by molar-refractivity contribution is 0.0948. The number of nitrogens with one attached hydrogen (secondary N) is 1. The Balaban J connectivity index is 2.65. The molecule has 4 nitrogen and oxygen atoms in total. The third kappa shape index (κ3) is 3.58. The highest BCUT2D eigenvalue weighted by Crippen LogP contribution is 2.08. The van der Waals surface area contributed by atoms with Crippen molar-refractivity contribution in [3.8, 4) is 5.88 Å². The average molecular weight is 208 g/mol. The van der Waals surface area contributed by atoms with Gasteiger partial charge in [-0.05, 0) is 12.0 Å². The van der Waals surface area contributed by atoms with Gasteiger partial charge in [-0.25, -0.2) is 4.98 Å². The molecule has 0 aromatic carbocycles. The molecule has 1 rings (SSSR count). The van der Waals surface area contributed by atoms with Gasteiger partial charge in [-0.15, -0.1) is 0 Å². The van der Waals surface area contributed by atoms with Gasteiger partial charge in [0.1, 0.15) is 0 Å². The molecule has 0 aliphatic carbocycles. The first-order chi connectivity index (χ1) is 7.13. The van der Waals surface area contributed by atoms with Crippen molar-refractivity contribution in [2.75, 3.05) is 13.7 Å². The van der Waals surface area contributed by atoms with E-state index in [0.29, 0.717) is 23.9 Å². The van der Waals surface area contributed by atoms with Crippen LogP contribution in [0.3, 0.4) is 0 Å². The Morgan fingerprint density at radius 2 is 2.33 bits per heavy atom. The van der Waals surface area contributed by atoms with E-state index in [1.165, 1.54) is 7.11 Å². The molecule has 0 unspecified atom stereocenters. The summed E-state index contributed by atoms with van der Waals surface area (Å²) >= 11 is 0. The highest BCUT2D eigenvalue weighted by atomic mass is 16.5. The van der Waals surface area contributed by atoms with E-state index in [1.807, 2.05) is 13.8 Å². The zero-order valence-corrected chi connectivity index (χ0v) is 9.28. The summed E-state index contributed by atoms with van der Waals surface area (Å²) in [7, 11) is 1.53. The van der Waals surface area contributed by atoms with Gasteiger partial charge in [-0.3, -0.25) is 4.79 Å². The Hall–Kier alpha value is -1.58. The number of aromatic nitrogens is 1. The van der Waals surface area contributed by atoms with Gasteiger partial charge >= 0.3 is 0 Å². The van der Waals surface area contributed by atoms with Gasteiger partial charge in [0.25, 0.3) is 5.91 Å². The topological polar surface area (TPSA) is 51.2 Å². The van der Waals surface area contributed by atoms with Crippen molar-refractivity contribution in [1.82, 2.24) is 10.3 Å². The standard InChI is InChI=1S/C11H16N2O2/c1-8(2)7-13-11(14)9-4-5-12-10(6-9)15-3/h4-6,8H,7H2,1-3H3,(H,13,14). The van der Waals surface area contributed by atoms with E-state index in [4.69, 9.17) is 4.74 Å². The number of carbonyl (C=O) groups excluding carboxylic acids is 1. The lowest BCUT2D eigenvalue weighted by atomic mass is 10.2. The Morgan fingerprint density at radius 3 is 2.93 bits per heavy atom. The summed E-state index contributed by atoms with van der Waals surface area (Å²) in [6.45, 7) is 4.77. The fraction of sp³-hybridized carbons (Fsp3) is 0.455. The quantitative estimate of drug-likeness (QED) is 0.815. The Kier molecular flexibility index (Phi) is 4.09. The predicted molar refractivity (Wildman–Crippen MR) is 58.0 cm³/mol. The molecule has 0 radical (unpaired) electrons. The van der Waals surface area contributed by atoms with Crippen LogP contribution in [-0.2, 0) is 0 Å². The summed E-state index contributed by atoms with van der Waals surface area (Å²) in [6, 6.07) is 3.29. The maximum Gasteiger partial charge on any atom is 0.251 e. The fourth-order valence-corrected chi connectivity index (χ4v) is 1.06. The highest BCUT2D eigenvalue weighted by molar-refractivity contribution is 5.94. The number of hydrogen-bond donors (Lipinski definition) is 1. The third-order valence-electron chi connectivity index (χ3n) is 1.88. The van der Waals surface area contributed by atoms with Crippen molar-refractivity contribution < 1.29 is 9.53 Å². The van der Waals surface area contributed by atoms with E-state index in [2.05, 4.69) is 10.3 Å². The molecule has 0 saturated carbocycles. The number of amides is 1. The normalized spacial score (nSPS) is 10.1. The summed E-state index contributed by atoms with van der Waals surface area (Å²) in [5, 5.41) is 2.83. The summed E-state index contributed by atoms with van der Waals surface area (Å²) in [5.74, 6) is 0.800.